The molecule has 0 N–H and O–H groups in total. The summed E-state index contributed by atoms with van der Waals surface area (Å²) in [5.41, 5.74) is 4.95. The van der Waals surface area contributed by atoms with Gasteiger partial charge in [-0.2, -0.15) is 0 Å². The molecule has 0 spiro atoms. The van der Waals surface area contributed by atoms with E-state index in [-0.39, 0.29) is 17.5 Å². The number of fused-ring (bicyclic) bond motifs is 5. The lowest BCUT2D eigenvalue weighted by atomic mass is 9.47. The van der Waals surface area contributed by atoms with Crippen LogP contribution >= 0.6 is 0 Å². The summed E-state index contributed by atoms with van der Waals surface area (Å²) < 4.78 is 23.8. The second-order valence-corrected chi connectivity index (χ2v) is 22.6. The normalized spacial score (nSPS) is 25.7. The lowest BCUT2D eigenvalue weighted by Crippen LogP contribution is -2.51. The Labute approximate surface area is 412 Å². The highest BCUT2D eigenvalue weighted by molar-refractivity contribution is 5.91. The summed E-state index contributed by atoms with van der Waals surface area (Å²) in [5.74, 6) is 6.71. The first-order chi connectivity index (χ1) is 33.0. The predicted molar refractivity (Wildman–Crippen MR) is 278 cm³/mol. The van der Waals surface area contributed by atoms with E-state index in [0.29, 0.717) is 36.4 Å². The molecular weight excluding hydrogens is 841 g/mol. The molecule has 4 aliphatic carbocycles. The average molecular weight is 929 g/mol. The van der Waals surface area contributed by atoms with Gasteiger partial charge in [0.25, 0.3) is 0 Å². The van der Waals surface area contributed by atoms with E-state index in [9.17, 15) is 9.59 Å². The van der Waals surface area contributed by atoms with Gasteiger partial charge in [-0.15, -0.1) is 0 Å². The first kappa shape index (κ1) is 51.8. The Morgan fingerprint density at radius 3 is 1.88 bits per heavy atom. The van der Waals surface area contributed by atoms with Crippen LogP contribution < -0.4 is 14.2 Å². The maximum absolute atomic E-state index is 13.0. The fourth-order valence-electron chi connectivity index (χ4n) is 13.5. The number of rotatable bonds is 26. The Balaban J connectivity index is 0.755. The van der Waals surface area contributed by atoms with Gasteiger partial charge in [0, 0.05) is 12.8 Å². The summed E-state index contributed by atoms with van der Waals surface area (Å²) in [6.07, 6.45) is 30.0. The summed E-state index contributed by atoms with van der Waals surface area (Å²) in [6, 6.07) is 22.9. The van der Waals surface area contributed by atoms with Crippen LogP contribution in [0.25, 0.3) is 11.1 Å². The molecule has 7 rings (SSSR count). The maximum atomic E-state index is 13.0. The van der Waals surface area contributed by atoms with Gasteiger partial charge in [-0.1, -0.05) is 142 Å². The van der Waals surface area contributed by atoms with Crippen LogP contribution in [0.5, 0.6) is 17.2 Å². The van der Waals surface area contributed by atoms with Gasteiger partial charge in [-0.25, -0.2) is 4.79 Å². The van der Waals surface area contributed by atoms with Crippen molar-refractivity contribution in [3.8, 4) is 28.4 Å². The SMILES string of the molecule is CCCCCCCCCCOc1ccc(C(=O)Oc2ccc(-c3ccc(OCCCCCC(=O)O[C@H]4CC[C@@]5(C)C(=CC[C@H]6[C@@H]7CC[C@H]([C@H](C)CCCC(C)C)[C@@]7(C)CC[C@@H]65)C4)cc3)cc2)cc1. The minimum Gasteiger partial charge on any atom is -0.494 e. The zero-order chi connectivity index (χ0) is 47.9. The van der Waals surface area contributed by atoms with Gasteiger partial charge in [-0.3, -0.25) is 4.79 Å². The van der Waals surface area contributed by atoms with Crippen molar-refractivity contribution in [3.05, 3.63) is 90.0 Å². The topological polar surface area (TPSA) is 71.1 Å². The number of unbranched alkanes of at least 4 members (excludes halogenated alkanes) is 9. The van der Waals surface area contributed by atoms with Gasteiger partial charge in [0.2, 0.25) is 0 Å². The van der Waals surface area contributed by atoms with Gasteiger partial charge in [0.1, 0.15) is 23.4 Å². The molecular formula is C62H88O6. The Kier molecular flexibility index (Phi) is 19.2. The molecule has 0 bridgehead atoms. The zero-order valence-corrected chi connectivity index (χ0v) is 43.2. The second kappa shape index (κ2) is 25.2. The quantitative estimate of drug-likeness (QED) is 0.0346. The summed E-state index contributed by atoms with van der Waals surface area (Å²) >= 11 is 0. The van der Waals surface area contributed by atoms with Crippen LogP contribution in [0.15, 0.2) is 84.4 Å². The van der Waals surface area contributed by atoms with Gasteiger partial charge in [-0.05, 0) is 177 Å². The largest absolute Gasteiger partial charge is 0.494 e. The molecule has 8 atom stereocenters. The van der Waals surface area contributed by atoms with Crippen LogP contribution in [-0.4, -0.2) is 31.3 Å². The van der Waals surface area contributed by atoms with Crippen molar-refractivity contribution < 1.29 is 28.5 Å². The van der Waals surface area contributed by atoms with E-state index in [1.54, 1.807) is 17.7 Å². The van der Waals surface area contributed by atoms with Crippen molar-refractivity contribution in [2.75, 3.05) is 13.2 Å². The van der Waals surface area contributed by atoms with Gasteiger partial charge >= 0.3 is 11.9 Å². The van der Waals surface area contributed by atoms with Crippen LogP contribution in [0.1, 0.15) is 200 Å². The summed E-state index contributed by atoms with van der Waals surface area (Å²) in [6.45, 7) is 16.1. The predicted octanol–water partition coefficient (Wildman–Crippen LogP) is 17.0. The standard InChI is InChI=1S/C62H88O6/c1-7-8-9-10-11-12-13-16-42-65-52-31-26-49(27-32-52)60(64)68-53-33-24-48(25-34-53)47-22-29-51(30-23-47)66-43-17-14-15-21-59(63)67-54-38-40-61(5)50(44-54)28-35-55-57-37-36-56(46(4)20-18-19-45(2)3)62(57,6)41-39-58(55)61/h22-34,45-46,54-58H,7-21,35-44H2,1-6H3/t46-,54+,55+,56-,57+,58+,61+,62-/m1/s1. The number of hydrogen-bond donors (Lipinski definition) is 0. The number of carbonyl (C=O) groups excluding carboxylic acids is 2. The van der Waals surface area contributed by atoms with E-state index in [1.165, 1.54) is 96.3 Å². The van der Waals surface area contributed by atoms with Crippen molar-refractivity contribution in [1.82, 2.24) is 0 Å². The lowest BCUT2D eigenvalue weighted by molar-refractivity contribution is -0.151. The van der Waals surface area contributed by atoms with Crippen molar-refractivity contribution >= 4 is 11.9 Å². The third kappa shape index (κ3) is 13.6. The molecule has 0 heterocycles. The zero-order valence-electron chi connectivity index (χ0n) is 43.2. The van der Waals surface area contributed by atoms with Gasteiger partial charge in [0.05, 0.1) is 18.8 Å². The maximum Gasteiger partial charge on any atom is 0.343 e. The smallest absolute Gasteiger partial charge is 0.343 e. The van der Waals surface area contributed by atoms with E-state index in [1.807, 2.05) is 60.7 Å². The van der Waals surface area contributed by atoms with E-state index >= 15 is 0 Å². The molecule has 68 heavy (non-hydrogen) atoms. The van der Waals surface area contributed by atoms with Crippen molar-refractivity contribution in [1.29, 1.82) is 0 Å². The number of benzene rings is 3. The molecule has 3 fully saturated rings. The number of hydrogen-bond acceptors (Lipinski definition) is 6. The van der Waals surface area contributed by atoms with E-state index in [0.717, 1.165) is 103 Å². The fraction of sp³-hybridized carbons (Fsp3) is 0.645. The number of carbonyl (C=O) groups is 2. The van der Waals surface area contributed by atoms with Crippen molar-refractivity contribution in [3.63, 3.8) is 0 Å². The molecule has 0 unspecified atom stereocenters. The average Bonchev–Trinajstić information content (AvgIpc) is 3.70. The minimum atomic E-state index is -0.392. The van der Waals surface area contributed by atoms with Gasteiger partial charge < -0.3 is 18.9 Å². The van der Waals surface area contributed by atoms with Crippen molar-refractivity contribution in [2.24, 2.45) is 46.3 Å². The Bertz CT molecular complexity index is 2030. The minimum absolute atomic E-state index is 0.0280. The summed E-state index contributed by atoms with van der Waals surface area (Å²) in [4.78, 5) is 25.9. The third-order valence-electron chi connectivity index (χ3n) is 17.5. The van der Waals surface area contributed by atoms with E-state index in [2.05, 4.69) is 47.6 Å². The first-order valence-corrected chi connectivity index (χ1v) is 27.6. The Hall–Kier alpha value is -4.06. The number of ether oxygens (including phenoxy) is 4. The van der Waals surface area contributed by atoms with E-state index in [4.69, 9.17) is 18.9 Å². The van der Waals surface area contributed by atoms with E-state index < -0.39 is 5.97 Å². The summed E-state index contributed by atoms with van der Waals surface area (Å²) in [7, 11) is 0. The Morgan fingerprint density at radius 2 is 1.24 bits per heavy atom. The first-order valence-electron chi connectivity index (χ1n) is 27.6. The Morgan fingerprint density at radius 1 is 0.632 bits per heavy atom. The highest BCUT2D eigenvalue weighted by Crippen LogP contribution is 2.67. The molecule has 0 amide bonds. The highest BCUT2D eigenvalue weighted by Gasteiger charge is 2.59. The van der Waals surface area contributed by atoms with Crippen LogP contribution in [0, 0.1) is 46.3 Å². The second-order valence-electron chi connectivity index (χ2n) is 22.6. The molecule has 0 aromatic heterocycles. The van der Waals surface area contributed by atoms with Crippen LogP contribution in [-0.2, 0) is 9.53 Å². The van der Waals surface area contributed by atoms with Gasteiger partial charge in [0.15, 0.2) is 0 Å². The molecule has 0 saturated heterocycles. The van der Waals surface area contributed by atoms with Crippen molar-refractivity contribution in [2.45, 2.75) is 195 Å². The molecule has 0 aliphatic heterocycles. The number of esters is 2. The molecule has 6 nitrogen and oxygen atoms in total. The molecule has 3 aromatic rings. The third-order valence-corrected chi connectivity index (χ3v) is 17.5. The molecule has 6 heteroatoms. The number of allylic oxidation sites excluding steroid dienone is 1. The van der Waals surface area contributed by atoms with Crippen LogP contribution in [0.4, 0.5) is 0 Å². The molecule has 0 radical (unpaired) electrons. The fourth-order valence-corrected chi connectivity index (χ4v) is 13.5. The molecule has 372 valence electrons. The summed E-state index contributed by atoms with van der Waals surface area (Å²) in [5, 5.41) is 0. The monoisotopic (exact) mass is 929 g/mol. The molecule has 4 aliphatic rings. The van der Waals surface area contributed by atoms with Crippen LogP contribution in [0.3, 0.4) is 0 Å². The lowest BCUT2D eigenvalue weighted by Gasteiger charge is -2.58. The molecule has 3 aromatic carbocycles. The highest BCUT2D eigenvalue weighted by atomic mass is 16.5. The molecule has 3 saturated carbocycles. The van der Waals surface area contributed by atoms with Crippen LogP contribution in [0.2, 0.25) is 0 Å².